The third kappa shape index (κ3) is 8.06. The zero-order valence-electron chi connectivity index (χ0n) is 24.3. The second-order valence-corrected chi connectivity index (χ2v) is 10.9. The van der Waals surface area contributed by atoms with E-state index in [0.29, 0.717) is 22.1 Å². The van der Waals surface area contributed by atoms with Crippen LogP contribution in [-0.2, 0) is 10.1 Å². The fraction of sp³-hybridized carbons (Fsp3) is 0.0645. The zero-order valence-corrected chi connectivity index (χ0v) is 29.2. The molecule has 10 nitrogen and oxygen atoms in total. The van der Waals surface area contributed by atoms with Crippen LogP contribution in [0, 0.1) is 13.8 Å². The monoisotopic (exact) mass is 624 g/mol. The maximum atomic E-state index is 11.9. The van der Waals surface area contributed by atoms with Crippen molar-refractivity contribution < 1.29 is 87.1 Å². The van der Waals surface area contributed by atoms with Crippen molar-refractivity contribution in [2.75, 3.05) is 0 Å². The molecule has 0 radical (unpaired) electrons. The molecule has 5 aromatic rings. The van der Waals surface area contributed by atoms with Gasteiger partial charge in [-0.1, -0.05) is 48.2 Å². The van der Waals surface area contributed by atoms with E-state index < -0.39 is 27.4 Å². The van der Waals surface area contributed by atoms with Crippen LogP contribution in [0.5, 0.6) is 5.75 Å². The van der Waals surface area contributed by atoms with Gasteiger partial charge in [0.1, 0.15) is 4.90 Å². The second-order valence-electron chi connectivity index (χ2n) is 9.51. The summed E-state index contributed by atoms with van der Waals surface area (Å²) in [5.41, 5.74) is 4.67. The normalized spacial score (nSPS) is 11.4. The Morgan fingerprint density at radius 3 is 1.82 bits per heavy atom. The molecule has 210 valence electrons. The molecule has 0 aliphatic carbocycles. The van der Waals surface area contributed by atoms with Crippen molar-refractivity contribution in [1.82, 2.24) is 0 Å². The van der Waals surface area contributed by atoms with E-state index >= 15 is 0 Å². The van der Waals surface area contributed by atoms with Gasteiger partial charge in [-0.25, -0.2) is 0 Å². The van der Waals surface area contributed by atoms with Crippen molar-refractivity contribution >= 4 is 49.6 Å². The molecule has 13 heteroatoms. The number of carboxylic acids is 1. The first kappa shape index (κ1) is 35.2. The molecule has 0 aliphatic heterocycles. The van der Waals surface area contributed by atoms with Crippen LogP contribution in [0.15, 0.2) is 116 Å². The van der Waals surface area contributed by atoms with Crippen LogP contribution in [0.25, 0.3) is 21.9 Å². The number of azo groups is 2. The Kier molecular flexibility index (Phi) is 11.8. The van der Waals surface area contributed by atoms with Gasteiger partial charge < -0.3 is 15.0 Å². The fourth-order valence-electron chi connectivity index (χ4n) is 4.39. The van der Waals surface area contributed by atoms with Crippen LogP contribution in [0.2, 0.25) is 0 Å². The maximum Gasteiger partial charge on any atom is 1.00 e. The van der Waals surface area contributed by atoms with Gasteiger partial charge in [0, 0.05) is 5.39 Å². The number of carboxylic acid groups (broad SMARTS) is 1. The van der Waals surface area contributed by atoms with E-state index in [4.69, 9.17) is 0 Å². The molecule has 0 spiro atoms. The minimum atomic E-state index is -4.46. The number of hydrogen-bond donors (Lipinski definition) is 1. The van der Waals surface area contributed by atoms with Crippen LogP contribution < -0.4 is 69.3 Å². The average molecular weight is 625 g/mol. The largest absolute Gasteiger partial charge is 1.00 e. The molecule has 0 aromatic heterocycles. The number of nitrogens with zero attached hydrogens (tertiary/aromatic N) is 4. The Bertz CT molecular complexity index is 2050. The van der Waals surface area contributed by atoms with Crippen molar-refractivity contribution in [2.45, 2.75) is 18.7 Å². The van der Waals surface area contributed by atoms with Crippen molar-refractivity contribution in [3.05, 3.63) is 108 Å². The summed E-state index contributed by atoms with van der Waals surface area (Å²) in [5, 5.41) is 40.5. The summed E-state index contributed by atoms with van der Waals surface area (Å²) >= 11 is 0. The van der Waals surface area contributed by atoms with Gasteiger partial charge in [0.2, 0.25) is 0 Å². The van der Waals surface area contributed by atoms with Crippen molar-refractivity contribution in [1.29, 1.82) is 0 Å². The van der Waals surface area contributed by atoms with Gasteiger partial charge in [0.05, 0.1) is 28.7 Å². The van der Waals surface area contributed by atoms with Gasteiger partial charge in [-0.3, -0.25) is 4.55 Å². The summed E-state index contributed by atoms with van der Waals surface area (Å²) in [7, 11) is -4.46. The Morgan fingerprint density at radius 1 is 0.705 bits per heavy atom. The van der Waals surface area contributed by atoms with Gasteiger partial charge in [0.25, 0.3) is 10.1 Å². The number of carbonyl (C=O) groups excluding carboxylic acids is 1. The minimum Gasteiger partial charge on any atom is -0.872 e. The van der Waals surface area contributed by atoms with E-state index in [2.05, 4.69) is 20.5 Å². The zero-order chi connectivity index (χ0) is 30.0. The number of rotatable bonds is 7. The molecule has 44 heavy (non-hydrogen) atoms. The van der Waals surface area contributed by atoms with Gasteiger partial charge >= 0.3 is 59.1 Å². The van der Waals surface area contributed by atoms with E-state index in [-0.39, 0.29) is 75.4 Å². The van der Waals surface area contributed by atoms with Gasteiger partial charge in [-0.05, 0) is 95.6 Å². The number of fused-ring (bicyclic) bond motifs is 1. The summed E-state index contributed by atoms with van der Waals surface area (Å²) < 4.78 is 33.6. The van der Waals surface area contributed by atoms with E-state index in [1.165, 1.54) is 12.1 Å². The number of aromatic carboxylic acids is 1. The summed E-state index contributed by atoms with van der Waals surface area (Å²) in [4.78, 5) is 10.9. The maximum absolute atomic E-state index is 11.9. The Morgan fingerprint density at radius 2 is 1.27 bits per heavy atom. The van der Waals surface area contributed by atoms with Gasteiger partial charge in [0.15, 0.2) is 0 Å². The first-order chi connectivity index (χ1) is 20.0. The number of hydrogen-bond acceptors (Lipinski definition) is 9. The molecule has 0 atom stereocenters. The molecule has 0 unspecified atom stereocenters. The van der Waals surface area contributed by atoms with Crippen molar-refractivity contribution in [2.24, 2.45) is 20.5 Å². The molecule has 0 saturated heterocycles. The van der Waals surface area contributed by atoms with Gasteiger partial charge in [-0.15, -0.1) is 0 Å². The van der Waals surface area contributed by atoms with Crippen LogP contribution in [0.1, 0.15) is 21.5 Å². The number of aryl methyl sites for hydroxylation is 2. The van der Waals surface area contributed by atoms with Gasteiger partial charge in [-0.2, -0.15) is 28.9 Å². The quantitative estimate of drug-likeness (QED) is 0.159. The third-order valence-electron chi connectivity index (χ3n) is 6.54. The molecule has 0 heterocycles. The first-order valence-electron chi connectivity index (χ1n) is 12.6. The SMILES string of the molecule is Cc1cc(-c2ccc(N=Nc3cc(S(=O)(=O)O)c4ccccc4c3)c(C)c2)ccc1N=Nc1ccc([O-])c(C(=O)[O-])c1.[Na+].[Na+]. The van der Waals surface area contributed by atoms with E-state index in [1.807, 2.05) is 38.1 Å². The Hall–Kier alpha value is -3.26. The molecular formula is C31H22N4Na2O6S. The van der Waals surface area contributed by atoms with Crippen molar-refractivity contribution in [3.63, 3.8) is 0 Å². The minimum absolute atomic E-state index is 0. The van der Waals surface area contributed by atoms with Crippen LogP contribution >= 0.6 is 0 Å². The molecule has 0 aliphatic rings. The molecule has 0 bridgehead atoms. The molecule has 5 rings (SSSR count). The van der Waals surface area contributed by atoms with Crippen LogP contribution in [-0.4, -0.2) is 18.9 Å². The predicted molar refractivity (Wildman–Crippen MR) is 154 cm³/mol. The average Bonchev–Trinajstić information content (AvgIpc) is 2.95. The molecular weight excluding hydrogens is 602 g/mol. The predicted octanol–water partition coefficient (Wildman–Crippen LogP) is 0.646. The summed E-state index contributed by atoms with van der Waals surface area (Å²) in [5.74, 6) is -2.22. The Labute approximate surface area is 297 Å². The van der Waals surface area contributed by atoms with Crippen molar-refractivity contribution in [3.8, 4) is 16.9 Å². The van der Waals surface area contributed by atoms with Crippen LogP contribution in [0.4, 0.5) is 22.7 Å². The van der Waals surface area contributed by atoms with E-state index in [0.717, 1.165) is 34.4 Å². The fourth-order valence-corrected chi connectivity index (χ4v) is 5.12. The second kappa shape index (κ2) is 14.7. The topological polar surface area (TPSA) is 167 Å². The number of benzene rings is 5. The molecule has 0 fully saturated rings. The van der Waals surface area contributed by atoms with E-state index in [1.54, 1.807) is 42.5 Å². The summed E-state index contributed by atoms with van der Waals surface area (Å²) in [6, 6.07) is 24.6. The standard InChI is InChI=1S/C31H24N4O6S.2Na/c1-18-13-20(7-10-27(18)34-32-23-9-12-29(36)26(16-23)31(37)38)21-8-11-28(19(2)14-21)35-33-24-15-22-5-3-4-6-25(22)30(17-24)42(39,40)41;;/h3-17,36H,1-2H3,(H,37,38)(H,39,40,41);;/q;2*+1/p-2. The molecule has 0 saturated carbocycles. The Balaban J connectivity index is 0.00000264. The molecule has 5 aromatic carbocycles. The molecule has 0 amide bonds. The first-order valence-corrected chi connectivity index (χ1v) is 14.0. The van der Waals surface area contributed by atoms with Crippen LogP contribution in [0.3, 0.4) is 0 Å². The van der Waals surface area contributed by atoms with E-state index in [9.17, 15) is 28.0 Å². The summed E-state index contributed by atoms with van der Waals surface area (Å²) in [6.45, 7) is 3.75. The summed E-state index contributed by atoms with van der Waals surface area (Å²) in [6.07, 6.45) is 0. The number of carbonyl (C=O) groups is 1. The third-order valence-corrected chi connectivity index (χ3v) is 7.44. The molecule has 1 N–H and O–H groups in total. The smallest absolute Gasteiger partial charge is 0.872 e.